The largest absolute Gasteiger partial charge is 0.464 e. The second kappa shape index (κ2) is 6.16. The molecule has 0 atom stereocenters. The van der Waals surface area contributed by atoms with Crippen molar-refractivity contribution in [3.05, 3.63) is 22.9 Å². The Hall–Kier alpha value is -2.15. The first-order valence-corrected chi connectivity index (χ1v) is 7.31. The van der Waals surface area contributed by atoms with Gasteiger partial charge in [0.05, 0.1) is 0 Å². The van der Waals surface area contributed by atoms with E-state index < -0.39 is 17.6 Å². The smallest absolute Gasteiger partial charge is 0.422 e. The van der Waals surface area contributed by atoms with Crippen molar-refractivity contribution in [2.75, 3.05) is 4.90 Å². The average Bonchev–Trinajstić information content (AvgIpc) is 2.34. The lowest BCUT2D eigenvalue weighted by molar-refractivity contribution is 0.184. The maximum atomic E-state index is 11.4. The zero-order valence-corrected chi connectivity index (χ0v) is 14.5. The summed E-state index contributed by atoms with van der Waals surface area (Å²) in [5.74, 6) is -0.0837. The molecule has 0 aliphatic carbocycles. The van der Waals surface area contributed by atoms with Crippen LogP contribution >= 0.6 is 0 Å². The summed E-state index contributed by atoms with van der Waals surface area (Å²) in [6.45, 7) is 11.9. The molecule has 0 aliphatic heterocycles. The molecule has 0 radical (unpaired) electrons. The number of anilines is 1. The van der Waals surface area contributed by atoms with E-state index in [0.29, 0.717) is 5.56 Å². The van der Waals surface area contributed by atoms with Crippen LogP contribution in [0.1, 0.15) is 58.2 Å². The average molecular weight is 323 g/mol. The van der Waals surface area contributed by atoms with Gasteiger partial charge in [-0.05, 0) is 22.0 Å². The molecule has 0 saturated carbocycles. The second-order valence-electron chi connectivity index (χ2n) is 7.46. The highest BCUT2D eigenvalue weighted by atomic mass is 16.4. The van der Waals surface area contributed by atoms with Crippen molar-refractivity contribution >= 4 is 18.0 Å². The molecule has 0 spiro atoms. The summed E-state index contributed by atoms with van der Waals surface area (Å²) in [4.78, 5) is 27.2. The first kappa shape index (κ1) is 18.9. The lowest BCUT2D eigenvalue weighted by Gasteiger charge is -2.34. The minimum absolute atomic E-state index is 0.0837. The van der Waals surface area contributed by atoms with Crippen molar-refractivity contribution in [1.29, 1.82) is 0 Å². The van der Waals surface area contributed by atoms with Gasteiger partial charge in [-0.3, -0.25) is 0 Å². The molecule has 7 nitrogen and oxygen atoms in total. The number of carboxylic acid groups (broad SMARTS) is 2. The minimum atomic E-state index is -1.59. The fraction of sp³-hybridized carbons (Fsp3) is 0.562. The number of nitrogens with zero attached hydrogens (tertiary/aromatic N) is 2. The van der Waals surface area contributed by atoms with Gasteiger partial charge >= 0.3 is 12.2 Å². The van der Waals surface area contributed by atoms with Gasteiger partial charge in [-0.1, -0.05) is 41.5 Å². The molecule has 0 saturated heterocycles. The van der Waals surface area contributed by atoms with E-state index in [4.69, 9.17) is 5.73 Å². The minimum Gasteiger partial charge on any atom is -0.464 e. The number of amides is 2. The van der Waals surface area contributed by atoms with E-state index in [1.54, 1.807) is 0 Å². The molecule has 1 aromatic rings. The number of hydrogen-bond donors (Lipinski definition) is 3. The van der Waals surface area contributed by atoms with Crippen molar-refractivity contribution in [2.45, 2.75) is 58.9 Å². The predicted octanol–water partition coefficient (Wildman–Crippen LogP) is 3.30. The highest BCUT2D eigenvalue weighted by molar-refractivity contribution is 6.07. The summed E-state index contributed by atoms with van der Waals surface area (Å²) >= 11 is 0. The molecule has 1 aromatic heterocycles. The normalized spacial score (nSPS) is 12.1. The summed E-state index contributed by atoms with van der Waals surface area (Å²) in [5.41, 5.74) is 7.15. The number of hydrogen-bond acceptors (Lipinski definition) is 4. The topological polar surface area (TPSA) is 117 Å². The molecule has 0 aromatic carbocycles. The monoisotopic (exact) mass is 323 g/mol. The van der Waals surface area contributed by atoms with Gasteiger partial charge in [0.25, 0.3) is 0 Å². The fourth-order valence-corrected chi connectivity index (χ4v) is 2.69. The van der Waals surface area contributed by atoms with Crippen molar-refractivity contribution in [3.63, 3.8) is 0 Å². The quantitative estimate of drug-likeness (QED) is 0.768. The zero-order chi connectivity index (χ0) is 18.2. The SMILES string of the molecule is CC(C)(C)c1c(CN)cnc(N(C(=O)O)C(=O)O)c1C(C)(C)C. The Bertz CT molecular complexity index is 613. The van der Waals surface area contributed by atoms with Gasteiger partial charge in [0, 0.05) is 18.3 Å². The van der Waals surface area contributed by atoms with Crippen LogP contribution < -0.4 is 10.6 Å². The Morgan fingerprint density at radius 3 is 1.78 bits per heavy atom. The van der Waals surface area contributed by atoms with Crippen LogP contribution in [0.4, 0.5) is 15.4 Å². The molecule has 0 fully saturated rings. The number of nitrogens with two attached hydrogens (primary N) is 1. The van der Waals surface area contributed by atoms with Gasteiger partial charge in [0.1, 0.15) is 0 Å². The highest BCUT2D eigenvalue weighted by Gasteiger charge is 2.36. The molecule has 1 heterocycles. The second-order valence-corrected chi connectivity index (χ2v) is 7.46. The van der Waals surface area contributed by atoms with Crippen molar-refractivity contribution in [3.8, 4) is 0 Å². The number of aromatic nitrogens is 1. The van der Waals surface area contributed by atoms with Gasteiger partial charge in [0.15, 0.2) is 5.82 Å². The van der Waals surface area contributed by atoms with E-state index in [1.165, 1.54) is 6.20 Å². The van der Waals surface area contributed by atoms with E-state index in [9.17, 15) is 19.8 Å². The van der Waals surface area contributed by atoms with Crippen LogP contribution in [-0.4, -0.2) is 27.4 Å². The molecule has 128 valence electrons. The van der Waals surface area contributed by atoms with Crippen molar-refractivity contribution in [2.24, 2.45) is 5.73 Å². The molecular formula is C16H25N3O4. The third-order valence-corrected chi connectivity index (χ3v) is 3.45. The molecule has 4 N–H and O–H groups in total. The molecule has 0 unspecified atom stereocenters. The van der Waals surface area contributed by atoms with Crippen LogP contribution in [0.25, 0.3) is 0 Å². The third kappa shape index (κ3) is 3.79. The van der Waals surface area contributed by atoms with E-state index >= 15 is 0 Å². The van der Waals surface area contributed by atoms with Gasteiger partial charge in [-0.25, -0.2) is 14.6 Å². The standard InChI is InChI=1S/C16H25N3O4/c1-15(2,3)10-9(7-17)8-18-12(11(10)16(4,5)6)19(13(20)21)14(22)23/h8H,7,17H2,1-6H3,(H,20,21)(H,22,23). The van der Waals surface area contributed by atoms with Crippen LogP contribution in [-0.2, 0) is 17.4 Å². The van der Waals surface area contributed by atoms with Crippen LogP contribution in [0.3, 0.4) is 0 Å². The van der Waals surface area contributed by atoms with Gasteiger partial charge < -0.3 is 15.9 Å². The molecule has 23 heavy (non-hydrogen) atoms. The van der Waals surface area contributed by atoms with Gasteiger partial charge in [-0.2, -0.15) is 4.90 Å². The molecule has 2 amide bonds. The lowest BCUT2D eigenvalue weighted by Crippen LogP contribution is -2.38. The van der Waals surface area contributed by atoms with Crippen molar-refractivity contribution < 1.29 is 19.8 Å². The van der Waals surface area contributed by atoms with Crippen LogP contribution in [0, 0.1) is 0 Å². The summed E-state index contributed by atoms with van der Waals surface area (Å²) in [6, 6.07) is 0. The Morgan fingerprint density at radius 2 is 1.48 bits per heavy atom. The number of carbonyl (C=O) groups is 2. The molecular weight excluding hydrogens is 298 g/mol. The van der Waals surface area contributed by atoms with E-state index in [2.05, 4.69) is 4.98 Å². The molecule has 1 rings (SSSR count). The number of pyridine rings is 1. The first-order chi connectivity index (χ1) is 10.3. The molecule has 7 heteroatoms. The summed E-state index contributed by atoms with van der Waals surface area (Å²) in [7, 11) is 0. The first-order valence-electron chi connectivity index (χ1n) is 7.31. The Morgan fingerprint density at radius 1 is 1.04 bits per heavy atom. The fourth-order valence-electron chi connectivity index (χ4n) is 2.69. The maximum absolute atomic E-state index is 11.4. The predicted molar refractivity (Wildman–Crippen MR) is 88.1 cm³/mol. The zero-order valence-electron chi connectivity index (χ0n) is 14.5. The Labute approximate surface area is 136 Å². The van der Waals surface area contributed by atoms with Crippen LogP contribution in [0.5, 0.6) is 0 Å². The lowest BCUT2D eigenvalue weighted by atomic mass is 9.73. The Kier molecular flexibility index (Phi) is 5.06. The van der Waals surface area contributed by atoms with E-state index in [0.717, 1.165) is 11.1 Å². The van der Waals surface area contributed by atoms with E-state index in [1.807, 2.05) is 41.5 Å². The third-order valence-electron chi connectivity index (χ3n) is 3.45. The van der Waals surface area contributed by atoms with E-state index in [-0.39, 0.29) is 22.7 Å². The Balaban J connectivity index is 3.94. The number of rotatable bonds is 2. The maximum Gasteiger partial charge on any atom is 0.422 e. The van der Waals surface area contributed by atoms with Gasteiger partial charge in [-0.15, -0.1) is 0 Å². The molecule has 0 aliphatic rings. The van der Waals surface area contributed by atoms with Crippen LogP contribution in [0.15, 0.2) is 6.20 Å². The van der Waals surface area contributed by atoms with Gasteiger partial charge in [0.2, 0.25) is 0 Å². The summed E-state index contributed by atoms with van der Waals surface area (Å²) in [6.07, 6.45) is -1.71. The van der Waals surface area contributed by atoms with Crippen LogP contribution in [0.2, 0.25) is 0 Å². The number of imide groups is 1. The highest BCUT2D eigenvalue weighted by Crippen LogP contribution is 2.41. The summed E-state index contributed by atoms with van der Waals surface area (Å²) < 4.78 is 0. The van der Waals surface area contributed by atoms with Crippen molar-refractivity contribution in [1.82, 2.24) is 4.98 Å². The molecule has 0 bridgehead atoms. The summed E-state index contributed by atoms with van der Waals surface area (Å²) in [5, 5.41) is 18.6.